The lowest BCUT2D eigenvalue weighted by atomic mass is 10.3. The second-order valence-electron chi connectivity index (χ2n) is 2.98. The highest BCUT2D eigenvalue weighted by molar-refractivity contribution is 9.10. The standard InChI is InChI=1S/C10H12BrFN2S/c1-2-6-13-10(15)14-9-7(11)4-3-5-8(9)12/h3-5H,2,6H2,1H3,(H2,13,14,15). The zero-order valence-electron chi connectivity index (χ0n) is 8.31. The van der Waals surface area contributed by atoms with Crippen LogP contribution >= 0.6 is 28.1 Å². The third-order valence-electron chi connectivity index (χ3n) is 1.74. The number of para-hydroxylation sites is 1. The van der Waals surface area contributed by atoms with Crippen molar-refractivity contribution in [2.45, 2.75) is 13.3 Å². The van der Waals surface area contributed by atoms with Gasteiger partial charge in [-0.05, 0) is 46.7 Å². The molecule has 0 radical (unpaired) electrons. The maximum absolute atomic E-state index is 13.4. The first kappa shape index (κ1) is 12.4. The number of hydrogen-bond donors (Lipinski definition) is 2. The van der Waals surface area contributed by atoms with E-state index in [4.69, 9.17) is 12.2 Å². The molecule has 0 aliphatic heterocycles. The van der Waals surface area contributed by atoms with Crippen molar-refractivity contribution in [3.05, 3.63) is 28.5 Å². The monoisotopic (exact) mass is 290 g/mol. The number of rotatable bonds is 3. The number of nitrogens with one attached hydrogen (secondary N) is 2. The first-order chi connectivity index (χ1) is 7.15. The lowest BCUT2D eigenvalue weighted by Gasteiger charge is -2.11. The molecule has 1 rings (SSSR count). The Balaban J connectivity index is 2.68. The van der Waals surface area contributed by atoms with Gasteiger partial charge in [-0.25, -0.2) is 4.39 Å². The molecule has 0 amide bonds. The van der Waals surface area contributed by atoms with Crippen LogP contribution in [0.3, 0.4) is 0 Å². The Kier molecular flexibility index (Phi) is 4.98. The molecule has 0 unspecified atom stereocenters. The quantitative estimate of drug-likeness (QED) is 0.836. The molecule has 0 heterocycles. The highest BCUT2D eigenvalue weighted by atomic mass is 79.9. The van der Waals surface area contributed by atoms with Crippen LogP contribution in [-0.4, -0.2) is 11.7 Å². The van der Waals surface area contributed by atoms with Gasteiger partial charge in [0.25, 0.3) is 0 Å². The molecule has 2 nitrogen and oxygen atoms in total. The van der Waals surface area contributed by atoms with Gasteiger partial charge in [0.1, 0.15) is 5.82 Å². The number of halogens is 2. The van der Waals surface area contributed by atoms with Gasteiger partial charge in [-0.3, -0.25) is 0 Å². The Labute approximate surface area is 102 Å². The minimum Gasteiger partial charge on any atom is -0.362 e. The van der Waals surface area contributed by atoms with Crippen molar-refractivity contribution in [2.75, 3.05) is 11.9 Å². The molecule has 1 aromatic rings. The van der Waals surface area contributed by atoms with Gasteiger partial charge in [0.05, 0.1) is 5.69 Å². The van der Waals surface area contributed by atoms with Crippen molar-refractivity contribution in [3.63, 3.8) is 0 Å². The van der Waals surface area contributed by atoms with E-state index in [1.165, 1.54) is 6.07 Å². The predicted molar refractivity (Wildman–Crippen MR) is 68.6 cm³/mol. The van der Waals surface area contributed by atoms with E-state index in [2.05, 4.69) is 26.6 Å². The van der Waals surface area contributed by atoms with Gasteiger partial charge in [0, 0.05) is 11.0 Å². The second kappa shape index (κ2) is 6.02. The number of thiocarbonyl (C=S) groups is 1. The molecule has 15 heavy (non-hydrogen) atoms. The summed E-state index contributed by atoms with van der Waals surface area (Å²) in [7, 11) is 0. The molecule has 0 atom stereocenters. The Morgan fingerprint density at radius 1 is 1.53 bits per heavy atom. The summed E-state index contributed by atoms with van der Waals surface area (Å²) in [6, 6.07) is 4.77. The van der Waals surface area contributed by atoms with Crippen LogP contribution in [0.1, 0.15) is 13.3 Å². The Bertz CT molecular complexity index is 337. The van der Waals surface area contributed by atoms with E-state index < -0.39 is 0 Å². The number of hydrogen-bond acceptors (Lipinski definition) is 1. The lowest BCUT2D eigenvalue weighted by molar-refractivity contribution is 0.631. The Morgan fingerprint density at radius 3 is 2.87 bits per heavy atom. The molecule has 0 spiro atoms. The average Bonchev–Trinajstić information content (AvgIpc) is 2.21. The molecule has 5 heteroatoms. The van der Waals surface area contributed by atoms with Gasteiger partial charge in [0.15, 0.2) is 5.11 Å². The maximum atomic E-state index is 13.4. The summed E-state index contributed by atoms with van der Waals surface area (Å²) in [5.41, 5.74) is 0.367. The van der Waals surface area contributed by atoms with E-state index in [1.807, 2.05) is 6.92 Å². The van der Waals surface area contributed by atoms with E-state index in [1.54, 1.807) is 12.1 Å². The minimum atomic E-state index is -0.329. The van der Waals surface area contributed by atoms with Crippen molar-refractivity contribution in [2.24, 2.45) is 0 Å². The summed E-state index contributed by atoms with van der Waals surface area (Å²) >= 11 is 8.26. The summed E-state index contributed by atoms with van der Waals surface area (Å²) in [6.07, 6.45) is 0.972. The van der Waals surface area contributed by atoms with Crippen LogP contribution in [0.25, 0.3) is 0 Å². The summed E-state index contributed by atoms with van der Waals surface area (Å²) in [5.74, 6) is -0.329. The lowest BCUT2D eigenvalue weighted by Crippen LogP contribution is -2.29. The summed E-state index contributed by atoms with van der Waals surface area (Å²) in [5, 5.41) is 6.21. The van der Waals surface area contributed by atoms with Crippen LogP contribution in [-0.2, 0) is 0 Å². The Morgan fingerprint density at radius 2 is 2.27 bits per heavy atom. The van der Waals surface area contributed by atoms with Crippen molar-refractivity contribution in [3.8, 4) is 0 Å². The molecule has 0 saturated heterocycles. The molecular weight excluding hydrogens is 279 g/mol. The largest absolute Gasteiger partial charge is 0.362 e. The fourth-order valence-electron chi connectivity index (χ4n) is 1.01. The van der Waals surface area contributed by atoms with E-state index >= 15 is 0 Å². The molecule has 82 valence electrons. The zero-order valence-corrected chi connectivity index (χ0v) is 10.7. The summed E-state index contributed by atoms with van der Waals surface area (Å²) in [4.78, 5) is 0. The van der Waals surface area contributed by atoms with Crippen molar-refractivity contribution >= 4 is 38.9 Å². The van der Waals surface area contributed by atoms with Crippen LogP contribution < -0.4 is 10.6 Å². The third-order valence-corrected chi connectivity index (χ3v) is 2.64. The van der Waals surface area contributed by atoms with Gasteiger partial charge < -0.3 is 10.6 Å². The fourth-order valence-corrected chi connectivity index (χ4v) is 1.66. The maximum Gasteiger partial charge on any atom is 0.170 e. The average molecular weight is 291 g/mol. The normalized spacial score (nSPS) is 9.80. The van der Waals surface area contributed by atoms with E-state index in [9.17, 15) is 4.39 Å². The van der Waals surface area contributed by atoms with Gasteiger partial charge in [-0.1, -0.05) is 13.0 Å². The molecule has 0 aliphatic rings. The number of benzene rings is 1. The van der Waals surface area contributed by atoms with Gasteiger partial charge in [-0.15, -0.1) is 0 Å². The van der Waals surface area contributed by atoms with Crippen molar-refractivity contribution < 1.29 is 4.39 Å². The highest BCUT2D eigenvalue weighted by Gasteiger charge is 2.07. The van der Waals surface area contributed by atoms with Crippen LogP contribution in [0.5, 0.6) is 0 Å². The van der Waals surface area contributed by atoms with Crippen molar-refractivity contribution in [1.82, 2.24) is 5.32 Å². The minimum absolute atomic E-state index is 0.329. The van der Waals surface area contributed by atoms with E-state index in [0.717, 1.165) is 13.0 Å². The fraction of sp³-hybridized carbons (Fsp3) is 0.300. The van der Waals surface area contributed by atoms with Crippen LogP contribution in [0, 0.1) is 5.82 Å². The van der Waals surface area contributed by atoms with E-state index in [-0.39, 0.29) is 5.82 Å². The van der Waals surface area contributed by atoms with Crippen LogP contribution in [0.2, 0.25) is 0 Å². The summed E-state index contributed by atoms with van der Waals surface area (Å²) in [6.45, 7) is 2.81. The smallest absolute Gasteiger partial charge is 0.170 e. The van der Waals surface area contributed by atoms with Crippen LogP contribution in [0.4, 0.5) is 10.1 Å². The first-order valence-electron chi connectivity index (χ1n) is 4.64. The van der Waals surface area contributed by atoms with Crippen LogP contribution in [0.15, 0.2) is 22.7 Å². The zero-order chi connectivity index (χ0) is 11.3. The van der Waals surface area contributed by atoms with Gasteiger partial charge in [0.2, 0.25) is 0 Å². The number of anilines is 1. The molecular formula is C10H12BrFN2S. The molecule has 0 aromatic heterocycles. The molecule has 1 aromatic carbocycles. The second-order valence-corrected chi connectivity index (χ2v) is 4.24. The van der Waals surface area contributed by atoms with Crippen molar-refractivity contribution in [1.29, 1.82) is 0 Å². The SMILES string of the molecule is CCCNC(=S)Nc1c(F)cccc1Br. The first-order valence-corrected chi connectivity index (χ1v) is 5.84. The molecule has 0 saturated carbocycles. The van der Waals surface area contributed by atoms with Gasteiger partial charge >= 0.3 is 0 Å². The Hall–Kier alpha value is -0.680. The topological polar surface area (TPSA) is 24.1 Å². The van der Waals surface area contributed by atoms with E-state index in [0.29, 0.717) is 15.3 Å². The molecule has 2 N–H and O–H groups in total. The summed E-state index contributed by atoms with van der Waals surface area (Å²) < 4.78 is 14.0. The molecule has 0 bridgehead atoms. The van der Waals surface area contributed by atoms with Gasteiger partial charge in [-0.2, -0.15) is 0 Å². The molecule has 0 fully saturated rings. The predicted octanol–water partition coefficient (Wildman–Crippen LogP) is 3.28. The molecule has 0 aliphatic carbocycles. The third kappa shape index (κ3) is 3.76. The highest BCUT2D eigenvalue weighted by Crippen LogP contribution is 2.24.